The van der Waals surface area contributed by atoms with Gasteiger partial charge in [-0.1, -0.05) is 75.1 Å². The molecule has 0 radical (unpaired) electrons. The van der Waals surface area contributed by atoms with Crippen molar-refractivity contribution in [2.75, 3.05) is 0 Å². The van der Waals surface area contributed by atoms with Crippen molar-refractivity contribution < 1.29 is 0 Å². The van der Waals surface area contributed by atoms with E-state index in [0.717, 1.165) is 30.1 Å². The number of rotatable bonds is 8. The molecule has 0 atom stereocenters. The summed E-state index contributed by atoms with van der Waals surface area (Å²) < 4.78 is 0. The molecule has 0 bridgehead atoms. The quantitative estimate of drug-likeness (QED) is 0.387. The minimum Gasteiger partial charge on any atom is -0.103 e. The first-order chi connectivity index (χ1) is 14.7. The second kappa shape index (κ2) is 10.7. The molecule has 0 heterocycles. The molecule has 4 rings (SSSR count). The maximum absolute atomic E-state index is 3.89. The van der Waals surface area contributed by atoms with Crippen LogP contribution in [0.1, 0.15) is 88.7 Å². The topological polar surface area (TPSA) is 0 Å². The standard InChI is InChI=1S/C30H42/c1-3-5-6-24-10-15-27(16-11-24)28-17-12-25(13-18-28)7-8-26-14-20-29-21-23(4-2)9-19-30(29)22-26/h3,9,14,19-22,24-25,27-28H,1,4-8,10-13,15-18H2,2H3. The van der Waals surface area contributed by atoms with E-state index in [1.165, 1.54) is 98.9 Å². The minimum absolute atomic E-state index is 0.961. The highest BCUT2D eigenvalue weighted by Gasteiger charge is 2.30. The van der Waals surface area contributed by atoms with Gasteiger partial charge in [-0.15, -0.1) is 6.58 Å². The molecule has 2 fully saturated rings. The first-order valence-corrected chi connectivity index (χ1v) is 12.9. The Hall–Kier alpha value is -1.56. The van der Waals surface area contributed by atoms with Gasteiger partial charge in [-0.2, -0.15) is 0 Å². The second-order valence-corrected chi connectivity index (χ2v) is 10.3. The maximum atomic E-state index is 3.89. The van der Waals surface area contributed by atoms with Crippen LogP contribution in [0.2, 0.25) is 0 Å². The van der Waals surface area contributed by atoms with Gasteiger partial charge in [0.25, 0.3) is 0 Å². The van der Waals surface area contributed by atoms with Crippen molar-refractivity contribution in [2.24, 2.45) is 23.7 Å². The van der Waals surface area contributed by atoms with Gasteiger partial charge in [0.2, 0.25) is 0 Å². The van der Waals surface area contributed by atoms with Gasteiger partial charge >= 0.3 is 0 Å². The van der Waals surface area contributed by atoms with Gasteiger partial charge in [-0.25, -0.2) is 0 Å². The average molecular weight is 403 g/mol. The predicted octanol–water partition coefficient (Wildman–Crippen LogP) is 8.91. The zero-order valence-electron chi connectivity index (χ0n) is 19.3. The summed E-state index contributed by atoms with van der Waals surface area (Å²) in [6, 6.07) is 14.1. The summed E-state index contributed by atoms with van der Waals surface area (Å²) in [4.78, 5) is 0. The van der Waals surface area contributed by atoms with Crippen LogP contribution in [0.3, 0.4) is 0 Å². The summed E-state index contributed by atoms with van der Waals surface area (Å²) >= 11 is 0. The fourth-order valence-corrected chi connectivity index (χ4v) is 6.34. The number of benzene rings is 2. The Labute approximate surface area is 185 Å². The smallest absolute Gasteiger partial charge is 0.0181 e. The van der Waals surface area contributed by atoms with Gasteiger partial charge in [0, 0.05) is 0 Å². The van der Waals surface area contributed by atoms with Crippen molar-refractivity contribution in [3.63, 3.8) is 0 Å². The van der Waals surface area contributed by atoms with Crippen LogP contribution >= 0.6 is 0 Å². The molecule has 2 aliphatic carbocycles. The highest BCUT2D eigenvalue weighted by molar-refractivity contribution is 5.83. The van der Waals surface area contributed by atoms with Crippen LogP contribution in [0.25, 0.3) is 10.8 Å². The zero-order chi connectivity index (χ0) is 20.8. The lowest BCUT2D eigenvalue weighted by atomic mass is 9.68. The molecular weight excluding hydrogens is 360 g/mol. The largest absolute Gasteiger partial charge is 0.103 e. The number of fused-ring (bicyclic) bond motifs is 1. The first-order valence-electron chi connectivity index (χ1n) is 12.9. The summed E-state index contributed by atoms with van der Waals surface area (Å²) in [5.41, 5.74) is 2.98. The lowest BCUT2D eigenvalue weighted by molar-refractivity contribution is 0.141. The van der Waals surface area contributed by atoms with Crippen LogP contribution in [0.15, 0.2) is 49.1 Å². The number of allylic oxidation sites excluding steroid dienone is 1. The Balaban J connectivity index is 1.21. The molecule has 2 saturated carbocycles. The first kappa shape index (κ1) is 21.7. The molecule has 0 amide bonds. The van der Waals surface area contributed by atoms with Gasteiger partial charge < -0.3 is 0 Å². The second-order valence-electron chi connectivity index (χ2n) is 10.3. The number of hydrogen-bond donors (Lipinski definition) is 0. The monoisotopic (exact) mass is 402 g/mol. The summed E-state index contributed by atoms with van der Waals surface area (Å²) in [5, 5.41) is 2.81. The van der Waals surface area contributed by atoms with Crippen molar-refractivity contribution in [1.82, 2.24) is 0 Å². The molecule has 0 saturated heterocycles. The predicted molar refractivity (Wildman–Crippen MR) is 132 cm³/mol. The fraction of sp³-hybridized carbons (Fsp3) is 0.600. The van der Waals surface area contributed by atoms with Crippen LogP contribution in [0.5, 0.6) is 0 Å². The minimum atomic E-state index is 0.961. The Morgan fingerprint density at radius 2 is 1.27 bits per heavy atom. The summed E-state index contributed by atoms with van der Waals surface area (Å²) in [5.74, 6) is 4.03. The van der Waals surface area contributed by atoms with Crippen LogP contribution in [0, 0.1) is 23.7 Å². The highest BCUT2D eigenvalue weighted by Crippen LogP contribution is 2.43. The maximum Gasteiger partial charge on any atom is -0.0181 e. The fourth-order valence-electron chi connectivity index (χ4n) is 6.34. The molecule has 162 valence electrons. The third-order valence-corrected chi connectivity index (χ3v) is 8.45. The van der Waals surface area contributed by atoms with E-state index in [1.807, 2.05) is 0 Å². The van der Waals surface area contributed by atoms with E-state index in [4.69, 9.17) is 0 Å². The van der Waals surface area contributed by atoms with Gasteiger partial charge in [-0.3, -0.25) is 0 Å². The van der Waals surface area contributed by atoms with Crippen molar-refractivity contribution in [3.8, 4) is 0 Å². The van der Waals surface area contributed by atoms with Crippen molar-refractivity contribution in [2.45, 2.75) is 90.4 Å². The number of aryl methyl sites for hydroxylation is 2. The molecule has 0 spiro atoms. The van der Waals surface area contributed by atoms with Gasteiger partial charge in [0.05, 0.1) is 0 Å². The molecule has 0 heteroatoms. The zero-order valence-corrected chi connectivity index (χ0v) is 19.3. The molecule has 0 N–H and O–H groups in total. The Morgan fingerprint density at radius 1 is 0.733 bits per heavy atom. The SMILES string of the molecule is C=CCCC1CCC(C2CCC(CCc3ccc4cc(CC)ccc4c3)CC2)CC1. The van der Waals surface area contributed by atoms with E-state index in [1.54, 1.807) is 0 Å². The van der Waals surface area contributed by atoms with Crippen LogP contribution in [-0.4, -0.2) is 0 Å². The molecule has 0 nitrogen and oxygen atoms in total. The third kappa shape index (κ3) is 5.57. The van der Waals surface area contributed by atoms with Crippen LogP contribution in [0.4, 0.5) is 0 Å². The van der Waals surface area contributed by atoms with E-state index >= 15 is 0 Å². The molecule has 0 aromatic heterocycles. The van der Waals surface area contributed by atoms with E-state index in [2.05, 4.69) is 56.0 Å². The van der Waals surface area contributed by atoms with Crippen molar-refractivity contribution in [1.29, 1.82) is 0 Å². The molecule has 2 aliphatic rings. The van der Waals surface area contributed by atoms with Crippen molar-refractivity contribution >= 4 is 10.8 Å². The van der Waals surface area contributed by atoms with E-state index in [9.17, 15) is 0 Å². The number of hydrogen-bond acceptors (Lipinski definition) is 0. The summed E-state index contributed by atoms with van der Waals surface area (Å²) in [6.07, 6.45) is 20.4. The van der Waals surface area contributed by atoms with Crippen LogP contribution in [-0.2, 0) is 12.8 Å². The Kier molecular flexibility index (Phi) is 7.69. The van der Waals surface area contributed by atoms with Gasteiger partial charge in [0.15, 0.2) is 0 Å². The summed E-state index contributed by atoms with van der Waals surface area (Å²) in [6.45, 7) is 6.13. The normalized spacial score (nSPS) is 27.2. The van der Waals surface area contributed by atoms with Crippen molar-refractivity contribution in [3.05, 3.63) is 60.2 Å². The average Bonchev–Trinajstić information content (AvgIpc) is 2.81. The Bertz CT molecular complexity index is 800. The van der Waals surface area contributed by atoms with Gasteiger partial charge in [0.1, 0.15) is 0 Å². The molecular formula is C30H42. The molecule has 0 unspecified atom stereocenters. The summed E-state index contributed by atoms with van der Waals surface area (Å²) in [7, 11) is 0. The lowest BCUT2D eigenvalue weighted by Gasteiger charge is -2.38. The molecule has 30 heavy (non-hydrogen) atoms. The molecule has 2 aromatic carbocycles. The molecule has 0 aliphatic heterocycles. The lowest BCUT2D eigenvalue weighted by Crippen LogP contribution is -2.26. The van der Waals surface area contributed by atoms with Crippen LogP contribution < -0.4 is 0 Å². The van der Waals surface area contributed by atoms with E-state index < -0.39 is 0 Å². The highest BCUT2D eigenvalue weighted by atomic mass is 14.4. The van der Waals surface area contributed by atoms with E-state index in [0.29, 0.717) is 0 Å². The Morgan fingerprint density at radius 3 is 1.83 bits per heavy atom. The molecule has 2 aromatic rings. The third-order valence-electron chi connectivity index (χ3n) is 8.45. The van der Waals surface area contributed by atoms with Gasteiger partial charge in [-0.05, 0) is 103 Å². The van der Waals surface area contributed by atoms with E-state index in [-0.39, 0.29) is 0 Å².